The van der Waals surface area contributed by atoms with Crippen molar-refractivity contribution in [2.45, 2.75) is 6.61 Å². The molecule has 0 amide bonds. The Labute approximate surface area is 101 Å². The molecule has 0 saturated carbocycles. The highest BCUT2D eigenvalue weighted by Crippen LogP contribution is 2.22. The molecule has 0 atom stereocenters. The van der Waals surface area contributed by atoms with Crippen LogP contribution in [-0.2, 0) is 11.3 Å². The molecule has 2 nitrogen and oxygen atoms in total. The minimum absolute atomic E-state index is 0.574. The van der Waals surface area contributed by atoms with Crippen LogP contribution in [0, 0.1) is 0 Å². The summed E-state index contributed by atoms with van der Waals surface area (Å²) < 4.78 is 5.48. The van der Waals surface area contributed by atoms with Crippen LogP contribution in [0.1, 0.15) is 5.56 Å². The van der Waals surface area contributed by atoms with Gasteiger partial charge >= 0.3 is 0 Å². The van der Waals surface area contributed by atoms with Crippen molar-refractivity contribution in [2.75, 3.05) is 27.2 Å². The average Bonchev–Trinajstić information content (AvgIpc) is 2.18. The Hall–Kier alpha value is -0.280. The number of rotatable bonds is 5. The number of nitrogens with zero attached hydrogens (tertiary/aromatic N) is 1. The Morgan fingerprint density at radius 2 is 1.93 bits per heavy atom. The molecule has 0 spiro atoms. The summed E-state index contributed by atoms with van der Waals surface area (Å²) >= 11 is 11.7. The van der Waals surface area contributed by atoms with E-state index in [1.54, 1.807) is 6.07 Å². The summed E-state index contributed by atoms with van der Waals surface area (Å²) in [6, 6.07) is 5.54. The zero-order valence-electron chi connectivity index (χ0n) is 8.96. The van der Waals surface area contributed by atoms with Gasteiger partial charge in [0, 0.05) is 6.54 Å². The summed E-state index contributed by atoms with van der Waals surface area (Å²) in [6.45, 7) is 2.21. The lowest BCUT2D eigenvalue weighted by molar-refractivity contribution is 0.105. The standard InChI is InChI=1S/C11H15Cl2NO/c1-14(2)5-6-15-8-9-3-4-10(12)11(13)7-9/h3-4,7H,5-6,8H2,1-2H3. The molecule has 0 fully saturated rings. The molecule has 15 heavy (non-hydrogen) atoms. The molecule has 1 aromatic rings. The molecule has 84 valence electrons. The summed E-state index contributed by atoms with van der Waals surface area (Å²) in [5.74, 6) is 0. The van der Waals surface area contributed by atoms with Crippen molar-refractivity contribution in [3.63, 3.8) is 0 Å². The normalized spacial score (nSPS) is 11.0. The average molecular weight is 248 g/mol. The van der Waals surface area contributed by atoms with Gasteiger partial charge in [0.25, 0.3) is 0 Å². The van der Waals surface area contributed by atoms with Crippen molar-refractivity contribution < 1.29 is 4.74 Å². The van der Waals surface area contributed by atoms with Crippen LogP contribution < -0.4 is 0 Å². The second-order valence-electron chi connectivity index (χ2n) is 3.60. The second-order valence-corrected chi connectivity index (χ2v) is 4.42. The monoisotopic (exact) mass is 247 g/mol. The van der Waals surface area contributed by atoms with E-state index in [0.717, 1.165) is 12.1 Å². The Kier molecular flexibility index (Phi) is 5.40. The zero-order valence-corrected chi connectivity index (χ0v) is 10.5. The van der Waals surface area contributed by atoms with Gasteiger partial charge in [-0.15, -0.1) is 0 Å². The lowest BCUT2D eigenvalue weighted by Gasteiger charge is -2.10. The van der Waals surface area contributed by atoms with Crippen molar-refractivity contribution in [1.29, 1.82) is 0 Å². The molecule has 4 heteroatoms. The molecule has 0 aliphatic rings. The van der Waals surface area contributed by atoms with E-state index < -0.39 is 0 Å². The van der Waals surface area contributed by atoms with Crippen LogP contribution in [-0.4, -0.2) is 32.1 Å². The predicted molar refractivity (Wildman–Crippen MR) is 64.7 cm³/mol. The van der Waals surface area contributed by atoms with Crippen molar-refractivity contribution in [1.82, 2.24) is 4.90 Å². The Bertz CT molecular complexity index is 315. The number of likely N-dealkylation sites (N-methyl/N-ethyl adjacent to an activating group) is 1. The summed E-state index contributed by atoms with van der Waals surface area (Å²) in [7, 11) is 4.03. The van der Waals surface area contributed by atoms with E-state index >= 15 is 0 Å². The smallest absolute Gasteiger partial charge is 0.0718 e. The molecule has 1 rings (SSSR count). The highest BCUT2D eigenvalue weighted by Gasteiger charge is 1.99. The van der Waals surface area contributed by atoms with E-state index in [9.17, 15) is 0 Å². The summed E-state index contributed by atoms with van der Waals surface area (Å²) in [5, 5.41) is 1.15. The molecule has 0 radical (unpaired) electrons. The molecular formula is C11H15Cl2NO. The first kappa shape index (κ1) is 12.8. The minimum atomic E-state index is 0.574. The number of halogens is 2. The summed E-state index contributed by atoms with van der Waals surface area (Å²) in [4.78, 5) is 2.08. The summed E-state index contributed by atoms with van der Waals surface area (Å²) in [6.07, 6.45) is 0. The van der Waals surface area contributed by atoms with Gasteiger partial charge in [0.05, 0.1) is 23.3 Å². The number of hydrogen-bond acceptors (Lipinski definition) is 2. The first-order chi connectivity index (χ1) is 7.09. The van der Waals surface area contributed by atoms with E-state index in [-0.39, 0.29) is 0 Å². The van der Waals surface area contributed by atoms with Crippen LogP contribution in [0.2, 0.25) is 10.0 Å². The van der Waals surface area contributed by atoms with Gasteiger partial charge in [-0.3, -0.25) is 0 Å². The maximum atomic E-state index is 5.88. The lowest BCUT2D eigenvalue weighted by Crippen LogP contribution is -2.17. The zero-order chi connectivity index (χ0) is 11.3. The third-order valence-corrected chi connectivity index (χ3v) is 2.67. The van der Waals surface area contributed by atoms with Crippen LogP contribution in [0.3, 0.4) is 0 Å². The second kappa shape index (κ2) is 6.33. The fraction of sp³-hybridized carbons (Fsp3) is 0.455. The highest BCUT2D eigenvalue weighted by atomic mass is 35.5. The third kappa shape index (κ3) is 4.85. The largest absolute Gasteiger partial charge is 0.375 e. The van der Waals surface area contributed by atoms with Crippen LogP contribution in [0.25, 0.3) is 0 Å². The predicted octanol–water partition coefficient (Wildman–Crippen LogP) is 3.07. The molecule has 0 bridgehead atoms. The molecule has 0 aliphatic carbocycles. The van der Waals surface area contributed by atoms with Crippen molar-refractivity contribution in [3.8, 4) is 0 Å². The molecule has 0 aliphatic heterocycles. The van der Waals surface area contributed by atoms with E-state index in [2.05, 4.69) is 4.90 Å². The van der Waals surface area contributed by atoms with Crippen molar-refractivity contribution >= 4 is 23.2 Å². The Morgan fingerprint density at radius 1 is 1.20 bits per heavy atom. The fourth-order valence-corrected chi connectivity index (χ4v) is 1.39. The van der Waals surface area contributed by atoms with E-state index in [1.165, 1.54) is 0 Å². The SMILES string of the molecule is CN(C)CCOCc1ccc(Cl)c(Cl)c1. The third-order valence-electron chi connectivity index (χ3n) is 1.94. The van der Waals surface area contributed by atoms with Crippen LogP contribution in [0.15, 0.2) is 18.2 Å². The van der Waals surface area contributed by atoms with Gasteiger partial charge in [-0.25, -0.2) is 0 Å². The number of hydrogen-bond donors (Lipinski definition) is 0. The van der Waals surface area contributed by atoms with Gasteiger partial charge in [0.2, 0.25) is 0 Å². The molecule has 0 N–H and O–H groups in total. The van der Waals surface area contributed by atoms with Gasteiger partial charge in [-0.2, -0.15) is 0 Å². The highest BCUT2D eigenvalue weighted by molar-refractivity contribution is 6.41. The molecule has 0 heterocycles. The first-order valence-corrected chi connectivity index (χ1v) is 5.51. The van der Waals surface area contributed by atoms with Gasteiger partial charge in [-0.05, 0) is 31.8 Å². The van der Waals surface area contributed by atoms with Gasteiger partial charge in [-0.1, -0.05) is 29.3 Å². The minimum Gasteiger partial charge on any atom is -0.375 e. The van der Waals surface area contributed by atoms with Crippen LogP contribution in [0.5, 0.6) is 0 Å². The maximum Gasteiger partial charge on any atom is 0.0718 e. The first-order valence-electron chi connectivity index (χ1n) is 4.76. The van der Waals surface area contributed by atoms with E-state index in [4.69, 9.17) is 27.9 Å². The maximum absolute atomic E-state index is 5.88. The molecule has 0 aromatic heterocycles. The molecule has 0 saturated heterocycles. The topological polar surface area (TPSA) is 12.5 Å². The number of benzene rings is 1. The molecule has 1 aromatic carbocycles. The lowest BCUT2D eigenvalue weighted by atomic mass is 10.2. The molecule has 0 unspecified atom stereocenters. The summed E-state index contributed by atoms with van der Waals surface area (Å²) in [5.41, 5.74) is 1.04. The van der Waals surface area contributed by atoms with Crippen LogP contribution in [0.4, 0.5) is 0 Å². The van der Waals surface area contributed by atoms with Crippen molar-refractivity contribution in [3.05, 3.63) is 33.8 Å². The van der Waals surface area contributed by atoms with Crippen LogP contribution >= 0.6 is 23.2 Å². The van der Waals surface area contributed by atoms with Crippen molar-refractivity contribution in [2.24, 2.45) is 0 Å². The quantitative estimate of drug-likeness (QED) is 0.742. The fourth-order valence-electron chi connectivity index (χ4n) is 1.07. The van der Waals surface area contributed by atoms with Gasteiger partial charge in [0.1, 0.15) is 0 Å². The van der Waals surface area contributed by atoms with E-state index in [0.29, 0.717) is 23.3 Å². The van der Waals surface area contributed by atoms with Gasteiger partial charge < -0.3 is 9.64 Å². The molecular weight excluding hydrogens is 233 g/mol. The Morgan fingerprint density at radius 3 is 2.53 bits per heavy atom. The van der Waals surface area contributed by atoms with E-state index in [1.807, 2.05) is 26.2 Å². The van der Waals surface area contributed by atoms with Gasteiger partial charge in [0.15, 0.2) is 0 Å². The number of ether oxygens (including phenoxy) is 1. The Balaban J connectivity index is 2.35.